The monoisotopic (exact) mass is 385 g/mol. The van der Waals surface area contributed by atoms with Gasteiger partial charge >= 0.3 is 17.9 Å². The summed E-state index contributed by atoms with van der Waals surface area (Å²) in [5, 5.41) is 2.09. The topological polar surface area (TPSA) is 118 Å². The molecule has 2 fully saturated rings. The molecule has 11 heteroatoms. The van der Waals surface area contributed by atoms with E-state index in [1.54, 1.807) is 6.92 Å². The molecule has 0 aliphatic carbocycles. The molecule has 3 heterocycles. The van der Waals surface area contributed by atoms with Gasteiger partial charge in [-0.05, 0) is 19.3 Å². The van der Waals surface area contributed by atoms with Crippen LogP contribution in [0.2, 0.25) is 0 Å². The Morgan fingerprint density at radius 2 is 2.07 bits per heavy atom. The molecule has 1 amide bonds. The Kier molecular flexibility index (Phi) is 5.31. The summed E-state index contributed by atoms with van der Waals surface area (Å²) in [4.78, 5) is 38.8. The summed E-state index contributed by atoms with van der Waals surface area (Å²) in [5.74, 6) is -1.20. The number of aromatic nitrogens is 2. The summed E-state index contributed by atoms with van der Waals surface area (Å²) in [7, 11) is 0. The minimum atomic E-state index is -1.09. The van der Waals surface area contributed by atoms with Crippen LogP contribution in [0.15, 0.2) is 11.0 Å². The van der Waals surface area contributed by atoms with Crippen LogP contribution in [0, 0.1) is 11.7 Å². The molecule has 2 saturated heterocycles. The van der Waals surface area contributed by atoms with E-state index in [9.17, 15) is 18.8 Å². The minimum absolute atomic E-state index is 0.157. The lowest BCUT2D eigenvalue weighted by Gasteiger charge is -2.18. The first kappa shape index (κ1) is 19.1. The van der Waals surface area contributed by atoms with E-state index in [0.29, 0.717) is 12.3 Å². The van der Waals surface area contributed by atoms with Crippen LogP contribution in [-0.2, 0) is 18.9 Å². The van der Waals surface area contributed by atoms with Crippen molar-refractivity contribution in [1.82, 2.24) is 9.55 Å². The molecule has 0 bridgehead atoms. The molecular formula is C16H20FN3O7. The molecule has 148 valence electrons. The lowest BCUT2D eigenvalue weighted by atomic mass is 10.1. The van der Waals surface area contributed by atoms with Crippen molar-refractivity contribution in [3.63, 3.8) is 0 Å². The molecule has 3 rings (SSSR count). The third-order valence-corrected chi connectivity index (χ3v) is 4.22. The molecule has 1 aromatic rings. The van der Waals surface area contributed by atoms with Crippen molar-refractivity contribution in [2.45, 2.75) is 51.7 Å². The van der Waals surface area contributed by atoms with Crippen LogP contribution in [-0.4, -0.2) is 46.7 Å². The number of nitrogens with one attached hydrogen (secondary N) is 1. The predicted molar refractivity (Wildman–Crippen MR) is 87.6 cm³/mol. The zero-order valence-corrected chi connectivity index (χ0v) is 15.0. The molecule has 2 aliphatic rings. The number of fused-ring (bicyclic) bond motifs is 1. The fraction of sp³-hybridized carbons (Fsp3) is 0.625. The van der Waals surface area contributed by atoms with Crippen LogP contribution < -0.4 is 11.0 Å². The van der Waals surface area contributed by atoms with Gasteiger partial charge in [-0.2, -0.15) is 4.98 Å². The molecule has 10 nitrogen and oxygen atoms in total. The maximum absolute atomic E-state index is 14.3. The van der Waals surface area contributed by atoms with E-state index in [-0.39, 0.29) is 6.61 Å². The van der Waals surface area contributed by atoms with Crippen LogP contribution in [0.5, 0.6) is 0 Å². The SMILES string of the molecule is CC(C)CCOC(=O)Nc1nc(=O)n([C@@H]2O[C@H](C)[C@H]3OC(=O)O[C@H]32)cc1F. The van der Waals surface area contributed by atoms with Crippen LogP contribution in [0.25, 0.3) is 0 Å². The Hall–Kier alpha value is -2.69. The summed E-state index contributed by atoms with van der Waals surface area (Å²) in [6.45, 7) is 5.72. The number of amides is 1. The molecule has 2 aliphatic heterocycles. The number of halogens is 1. The number of nitrogens with zero attached hydrogens (tertiary/aromatic N) is 2. The van der Waals surface area contributed by atoms with Gasteiger partial charge in [0.1, 0.15) is 0 Å². The predicted octanol–water partition coefficient (Wildman–Crippen LogP) is 1.80. The van der Waals surface area contributed by atoms with Crippen molar-refractivity contribution in [1.29, 1.82) is 0 Å². The Morgan fingerprint density at radius 1 is 1.37 bits per heavy atom. The van der Waals surface area contributed by atoms with Gasteiger partial charge in [-0.1, -0.05) is 13.8 Å². The fourth-order valence-electron chi connectivity index (χ4n) is 2.80. The summed E-state index contributed by atoms with van der Waals surface area (Å²) in [6, 6.07) is 0. The molecule has 0 saturated carbocycles. The maximum atomic E-state index is 14.3. The highest BCUT2D eigenvalue weighted by atomic mass is 19.1. The van der Waals surface area contributed by atoms with Gasteiger partial charge in [0.15, 0.2) is 30.1 Å². The quantitative estimate of drug-likeness (QED) is 0.763. The number of hydrogen-bond acceptors (Lipinski definition) is 8. The summed E-state index contributed by atoms with van der Waals surface area (Å²) >= 11 is 0. The molecular weight excluding hydrogens is 365 g/mol. The first-order valence-electron chi connectivity index (χ1n) is 8.51. The highest BCUT2D eigenvalue weighted by molar-refractivity contribution is 5.83. The van der Waals surface area contributed by atoms with E-state index >= 15 is 0 Å². The number of hydrogen-bond donors (Lipinski definition) is 1. The highest BCUT2D eigenvalue weighted by Crippen LogP contribution is 2.37. The second-order valence-electron chi connectivity index (χ2n) is 6.72. The highest BCUT2D eigenvalue weighted by Gasteiger charge is 2.53. The fourth-order valence-corrected chi connectivity index (χ4v) is 2.80. The number of carbonyl (C=O) groups is 2. The van der Waals surface area contributed by atoms with Crippen LogP contribution >= 0.6 is 0 Å². The van der Waals surface area contributed by atoms with Gasteiger partial charge < -0.3 is 18.9 Å². The van der Waals surface area contributed by atoms with E-state index < -0.39 is 54.1 Å². The maximum Gasteiger partial charge on any atom is 0.509 e. The third-order valence-electron chi connectivity index (χ3n) is 4.22. The molecule has 0 spiro atoms. The molecule has 0 aromatic carbocycles. The Bertz CT molecular complexity index is 797. The smallest absolute Gasteiger partial charge is 0.449 e. The molecule has 0 radical (unpaired) electrons. The van der Waals surface area contributed by atoms with Crippen molar-refractivity contribution in [3.05, 3.63) is 22.5 Å². The van der Waals surface area contributed by atoms with Gasteiger partial charge in [0.25, 0.3) is 0 Å². The summed E-state index contributed by atoms with van der Waals surface area (Å²) in [5.41, 5.74) is -0.894. The number of carbonyl (C=O) groups excluding carboxylic acids is 2. The molecule has 0 unspecified atom stereocenters. The molecule has 4 atom stereocenters. The zero-order valence-electron chi connectivity index (χ0n) is 15.0. The van der Waals surface area contributed by atoms with Crippen molar-refractivity contribution < 1.29 is 32.9 Å². The Labute approximate surface area is 153 Å². The normalized spacial score (nSPS) is 26.5. The van der Waals surface area contributed by atoms with Gasteiger partial charge in [-0.15, -0.1) is 0 Å². The summed E-state index contributed by atoms with van der Waals surface area (Å²) in [6.07, 6.45) is -3.56. The van der Waals surface area contributed by atoms with Crippen LogP contribution in [0.3, 0.4) is 0 Å². The molecule has 1 N–H and O–H groups in total. The number of anilines is 1. The summed E-state index contributed by atoms with van der Waals surface area (Å²) < 4.78 is 35.6. The van der Waals surface area contributed by atoms with Crippen molar-refractivity contribution in [3.8, 4) is 0 Å². The lowest BCUT2D eigenvalue weighted by molar-refractivity contribution is -0.0524. The minimum Gasteiger partial charge on any atom is -0.449 e. The van der Waals surface area contributed by atoms with Crippen LogP contribution in [0.1, 0.15) is 33.4 Å². The average Bonchev–Trinajstić information content (AvgIpc) is 3.09. The third kappa shape index (κ3) is 4.02. The van der Waals surface area contributed by atoms with E-state index in [0.717, 1.165) is 10.8 Å². The number of ether oxygens (including phenoxy) is 4. The molecule has 27 heavy (non-hydrogen) atoms. The second kappa shape index (κ2) is 7.51. The lowest BCUT2D eigenvalue weighted by Crippen LogP contribution is -2.35. The van der Waals surface area contributed by atoms with Crippen molar-refractivity contribution in [2.24, 2.45) is 5.92 Å². The largest absolute Gasteiger partial charge is 0.509 e. The van der Waals surface area contributed by atoms with E-state index in [4.69, 9.17) is 18.9 Å². The van der Waals surface area contributed by atoms with Crippen molar-refractivity contribution in [2.75, 3.05) is 11.9 Å². The van der Waals surface area contributed by atoms with Gasteiger partial charge in [-0.3, -0.25) is 9.88 Å². The standard InChI is InChI=1S/C16H20FN3O7/c1-7(2)4-5-24-15(22)19-12-9(17)6-20(14(21)18-12)13-11-10(8(3)25-13)26-16(23)27-11/h6-8,10-11,13H,4-5H2,1-3H3,(H,18,19,21,22)/t8-,10-,11-,13-/m1/s1. The van der Waals surface area contributed by atoms with Crippen molar-refractivity contribution >= 4 is 18.1 Å². The Morgan fingerprint density at radius 3 is 2.78 bits per heavy atom. The first-order valence-corrected chi connectivity index (χ1v) is 8.51. The molecule has 1 aromatic heterocycles. The van der Waals surface area contributed by atoms with Gasteiger partial charge in [0, 0.05) is 0 Å². The zero-order chi connectivity index (χ0) is 19.7. The van der Waals surface area contributed by atoms with E-state index in [1.807, 2.05) is 13.8 Å². The van der Waals surface area contributed by atoms with E-state index in [2.05, 4.69) is 10.3 Å². The Balaban J connectivity index is 1.73. The van der Waals surface area contributed by atoms with Gasteiger partial charge in [-0.25, -0.2) is 18.8 Å². The average molecular weight is 385 g/mol. The van der Waals surface area contributed by atoms with Gasteiger partial charge in [0.05, 0.1) is 18.9 Å². The van der Waals surface area contributed by atoms with Crippen LogP contribution in [0.4, 0.5) is 19.8 Å². The second-order valence-corrected chi connectivity index (χ2v) is 6.72. The number of rotatable bonds is 5. The first-order chi connectivity index (χ1) is 12.8. The van der Waals surface area contributed by atoms with Gasteiger partial charge in [0.2, 0.25) is 0 Å². The van der Waals surface area contributed by atoms with E-state index in [1.165, 1.54) is 0 Å².